The molecule has 2 aromatic rings. The van der Waals surface area contributed by atoms with E-state index in [2.05, 4.69) is 18.4 Å². The highest BCUT2D eigenvalue weighted by atomic mass is 32.2. The van der Waals surface area contributed by atoms with Crippen molar-refractivity contribution < 1.29 is 4.39 Å². The third-order valence-corrected chi connectivity index (χ3v) is 4.76. The number of thioether (sulfide) groups is 1. The summed E-state index contributed by atoms with van der Waals surface area (Å²) in [7, 11) is 0. The molecule has 1 heterocycles. The van der Waals surface area contributed by atoms with E-state index >= 15 is 0 Å². The lowest BCUT2D eigenvalue weighted by Gasteiger charge is -2.10. The summed E-state index contributed by atoms with van der Waals surface area (Å²) >= 11 is 3.36. The Hall–Kier alpha value is -0.840. The Morgan fingerprint density at radius 2 is 2.00 bits per heavy atom. The Morgan fingerprint density at radius 3 is 2.59 bits per heavy atom. The van der Waals surface area contributed by atoms with Gasteiger partial charge in [0.2, 0.25) is 0 Å². The van der Waals surface area contributed by atoms with Crippen molar-refractivity contribution in [2.24, 2.45) is 5.73 Å². The third-order valence-electron chi connectivity index (χ3n) is 2.48. The zero-order valence-electron chi connectivity index (χ0n) is 9.52. The van der Waals surface area contributed by atoms with Gasteiger partial charge in [0.05, 0.1) is 0 Å². The van der Waals surface area contributed by atoms with Gasteiger partial charge in [-0.2, -0.15) is 0 Å². The Morgan fingerprint density at radius 1 is 1.29 bits per heavy atom. The molecule has 0 radical (unpaired) electrons. The average molecular weight is 267 g/mol. The van der Waals surface area contributed by atoms with Gasteiger partial charge in [0.15, 0.2) is 0 Å². The van der Waals surface area contributed by atoms with Crippen molar-refractivity contribution in [1.82, 2.24) is 0 Å². The van der Waals surface area contributed by atoms with Gasteiger partial charge >= 0.3 is 0 Å². The van der Waals surface area contributed by atoms with Crippen LogP contribution in [0.25, 0.3) is 0 Å². The Balaban J connectivity index is 1.94. The summed E-state index contributed by atoms with van der Waals surface area (Å²) in [6, 6.07) is 8.66. The van der Waals surface area contributed by atoms with E-state index in [1.807, 2.05) is 0 Å². The van der Waals surface area contributed by atoms with E-state index in [4.69, 9.17) is 5.73 Å². The first-order chi connectivity index (χ1) is 8.16. The van der Waals surface area contributed by atoms with Gasteiger partial charge < -0.3 is 5.73 Å². The molecule has 1 nitrogen and oxygen atoms in total. The van der Waals surface area contributed by atoms with E-state index in [0.29, 0.717) is 0 Å². The van der Waals surface area contributed by atoms with E-state index in [9.17, 15) is 4.39 Å². The number of halogens is 1. The van der Waals surface area contributed by atoms with Crippen LogP contribution in [0.15, 0.2) is 40.6 Å². The molecule has 1 unspecified atom stereocenters. The summed E-state index contributed by atoms with van der Waals surface area (Å²) in [5, 5.41) is 2.06. The molecule has 0 aliphatic rings. The molecule has 4 heteroatoms. The van der Waals surface area contributed by atoms with E-state index < -0.39 is 0 Å². The van der Waals surface area contributed by atoms with Crippen LogP contribution >= 0.6 is 23.1 Å². The van der Waals surface area contributed by atoms with Crippen LogP contribution in [0.2, 0.25) is 0 Å². The summed E-state index contributed by atoms with van der Waals surface area (Å²) in [5.74, 6) is 0.611. The number of hydrogen-bond acceptors (Lipinski definition) is 3. The van der Waals surface area contributed by atoms with Crippen molar-refractivity contribution in [3.63, 3.8) is 0 Å². The molecule has 17 heavy (non-hydrogen) atoms. The lowest BCUT2D eigenvalue weighted by atomic mass is 10.2. The quantitative estimate of drug-likeness (QED) is 0.848. The summed E-state index contributed by atoms with van der Waals surface area (Å²) in [5.41, 5.74) is 7.39. The second-order valence-electron chi connectivity index (χ2n) is 3.84. The summed E-state index contributed by atoms with van der Waals surface area (Å²) in [4.78, 5) is 2.29. The van der Waals surface area contributed by atoms with Gasteiger partial charge in [-0.15, -0.1) is 23.1 Å². The highest BCUT2D eigenvalue weighted by Gasteiger charge is 2.10. The average Bonchev–Trinajstić information content (AvgIpc) is 2.74. The predicted octanol–water partition coefficient (Wildman–Crippen LogP) is 3.99. The van der Waals surface area contributed by atoms with Gasteiger partial charge in [0.25, 0.3) is 0 Å². The fourth-order valence-electron chi connectivity index (χ4n) is 1.56. The number of benzene rings is 1. The first kappa shape index (κ1) is 12.6. The lowest BCUT2D eigenvalue weighted by molar-refractivity contribution is 0.626. The van der Waals surface area contributed by atoms with Crippen LogP contribution in [0.1, 0.15) is 16.5 Å². The van der Waals surface area contributed by atoms with Gasteiger partial charge in [0, 0.05) is 21.6 Å². The minimum Gasteiger partial charge on any atom is -0.323 e. The standard InChI is InChI=1S/C13H14FNS2/c1-9-6-7-16-13(9)12(15)8-17-11-4-2-10(14)3-5-11/h2-7,12H,8,15H2,1H3. The fraction of sp³-hybridized carbons (Fsp3) is 0.231. The van der Waals surface area contributed by atoms with Crippen molar-refractivity contribution >= 4 is 23.1 Å². The third kappa shape index (κ3) is 3.31. The highest BCUT2D eigenvalue weighted by Crippen LogP contribution is 2.28. The minimum absolute atomic E-state index is 0.0463. The molecule has 1 aromatic carbocycles. The molecule has 0 saturated heterocycles. The Bertz CT molecular complexity index is 478. The molecule has 0 amide bonds. The van der Waals surface area contributed by atoms with Crippen molar-refractivity contribution in [2.45, 2.75) is 17.9 Å². The molecular formula is C13H14FNS2. The molecule has 0 bridgehead atoms. The van der Waals surface area contributed by atoms with Crippen LogP contribution in [-0.4, -0.2) is 5.75 Å². The van der Waals surface area contributed by atoms with Gasteiger partial charge in [0.1, 0.15) is 5.82 Å². The maximum Gasteiger partial charge on any atom is 0.123 e. The minimum atomic E-state index is -0.201. The van der Waals surface area contributed by atoms with Crippen molar-refractivity contribution in [1.29, 1.82) is 0 Å². The topological polar surface area (TPSA) is 26.0 Å². The molecule has 1 aromatic heterocycles. The summed E-state index contributed by atoms with van der Waals surface area (Å²) in [6.45, 7) is 2.08. The molecule has 2 N–H and O–H groups in total. The molecule has 0 spiro atoms. The molecule has 1 atom stereocenters. The SMILES string of the molecule is Cc1ccsc1C(N)CSc1ccc(F)cc1. The normalized spacial score (nSPS) is 12.6. The first-order valence-corrected chi connectivity index (χ1v) is 7.21. The molecule has 0 aliphatic heterocycles. The lowest BCUT2D eigenvalue weighted by Crippen LogP contribution is -2.12. The second-order valence-corrected chi connectivity index (χ2v) is 5.88. The molecule has 0 aliphatic carbocycles. The van der Waals surface area contributed by atoms with Crippen LogP contribution in [0.4, 0.5) is 4.39 Å². The summed E-state index contributed by atoms with van der Waals surface area (Å²) in [6.07, 6.45) is 0. The number of hydrogen-bond donors (Lipinski definition) is 1. The van der Waals surface area contributed by atoms with Gasteiger partial charge in [-0.1, -0.05) is 0 Å². The number of rotatable bonds is 4. The smallest absolute Gasteiger partial charge is 0.123 e. The molecule has 2 rings (SSSR count). The molecule has 0 fully saturated rings. The van der Waals surface area contributed by atoms with Gasteiger partial charge in [-0.3, -0.25) is 0 Å². The van der Waals surface area contributed by atoms with E-state index in [1.54, 1.807) is 35.2 Å². The number of thiophene rings is 1. The maximum absolute atomic E-state index is 12.7. The molecule has 90 valence electrons. The van der Waals surface area contributed by atoms with Crippen LogP contribution in [0.5, 0.6) is 0 Å². The first-order valence-electron chi connectivity index (χ1n) is 5.35. The Kier molecular flexibility index (Phi) is 4.20. The second kappa shape index (κ2) is 5.67. The van der Waals surface area contributed by atoms with Crippen molar-refractivity contribution in [3.05, 3.63) is 52.0 Å². The Labute approximate surface area is 109 Å². The molecular weight excluding hydrogens is 253 g/mol. The fourth-order valence-corrected chi connectivity index (χ4v) is 3.46. The van der Waals surface area contributed by atoms with Crippen LogP contribution < -0.4 is 5.73 Å². The molecule has 0 saturated carbocycles. The number of nitrogens with two attached hydrogens (primary N) is 1. The maximum atomic E-state index is 12.7. The van der Waals surface area contributed by atoms with E-state index in [0.717, 1.165) is 10.6 Å². The van der Waals surface area contributed by atoms with Crippen molar-refractivity contribution in [2.75, 3.05) is 5.75 Å². The zero-order chi connectivity index (χ0) is 12.3. The monoisotopic (exact) mass is 267 g/mol. The summed E-state index contributed by atoms with van der Waals surface area (Å²) < 4.78 is 12.7. The van der Waals surface area contributed by atoms with Crippen LogP contribution in [0.3, 0.4) is 0 Å². The largest absolute Gasteiger partial charge is 0.323 e. The van der Waals surface area contributed by atoms with Crippen LogP contribution in [-0.2, 0) is 0 Å². The van der Waals surface area contributed by atoms with E-state index in [1.165, 1.54) is 22.6 Å². The number of aryl methyl sites for hydroxylation is 1. The van der Waals surface area contributed by atoms with Crippen LogP contribution in [0, 0.1) is 12.7 Å². The van der Waals surface area contributed by atoms with Gasteiger partial charge in [-0.25, -0.2) is 4.39 Å². The van der Waals surface area contributed by atoms with Crippen molar-refractivity contribution in [3.8, 4) is 0 Å². The highest BCUT2D eigenvalue weighted by molar-refractivity contribution is 7.99. The van der Waals surface area contributed by atoms with Gasteiger partial charge in [-0.05, 0) is 48.2 Å². The zero-order valence-corrected chi connectivity index (χ0v) is 11.2. The predicted molar refractivity (Wildman–Crippen MR) is 73.1 cm³/mol. The van der Waals surface area contributed by atoms with E-state index in [-0.39, 0.29) is 11.9 Å².